The predicted molar refractivity (Wildman–Crippen MR) is 52.2 cm³/mol. The number of nitriles is 1. The van der Waals surface area contributed by atoms with Gasteiger partial charge in [-0.2, -0.15) is 5.26 Å². The summed E-state index contributed by atoms with van der Waals surface area (Å²) in [5.41, 5.74) is 7.95. The van der Waals surface area contributed by atoms with Crippen molar-refractivity contribution in [3.8, 4) is 6.07 Å². The molecule has 0 aliphatic carbocycles. The quantitative estimate of drug-likeness (QED) is 0.709. The van der Waals surface area contributed by atoms with E-state index in [-0.39, 0.29) is 5.92 Å². The summed E-state index contributed by atoms with van der Waals surface area (Å²) in [5, 5.41) is 8.91. The number of anilines is 1. The molecule has 68 valence electrons. The van der Waals surface area contributed by atoms with Crippen molar-refractivity contribution in [1.82, 2.24) is 4.98 Å². The molecule has 0 bridgehead atoms. The first-order valence-electron chi connectivity index (χ1n) is 4.23. The zero-order valence-corrected chi connectivity index (χ0v) is 8.13. The minimum Gasteiger partial charge on any atom is -0.384 e. The fraction of sp³-hybridized carbons (Fsp3) is 0.400. The fourth-order valence-corrected chi connectivity index (χ4v) is 1.29. The molecule has 0 saturated carbocycles. The van der Waals surface area contributed by atoms with Gasteiger partial charge < -0.3 is 5.73 Å². The van der Waals surface area contributed by atoms with Crippen molar-refractivity contribution >= 4 is 5.82 Å². The number of hydrogen-bond acceptors (Lipinski definition) is 3. The van der Waals surface area contributed by atoms with Crippen LogP contribution in [0.5, 0.6) is 0 Å². The zero-order valence-electron chi connectivity index (χ0n) is 8.13. The molecule has 1 aromatic rings. The van der Waals surface area contributed by atoms with E-state index in [4.69, 9.17) is 11.0 Å². The van der Waals surface area contributed by atoms with Gasteiger partial charge in [-0.15, -0.1) is 0 Å². The van der Waals surface area contributed by atoms with Gasteiger partial charge >= 0.3 is 0 Å². The normalized spacial score (nSPS) is 10.1. The highest BCUT2D eigenvalue weighted by Gasteiger charge is 2.11. The summed E-state index contributed by atoms with van der Waals surface area (Å²) in [4.78, 5) is 4.16. The molecule has 3 nitrogen and oxygen atoms in total. The van der Waals surface area contributed by atoms with Crippen molar-refractivity contribution in [3.63, 3.8) is 0 Å². The molecule has 0 unspecified atom stereocenters. The van der Waals surface area contributed by atoms with Crippen LogP contribution in [-0.2, 0) is 0 Å². The van der Waals surface area contributed by atoms with Crippen molar-refractivity contribution in [2.45, 2.75) is 26.7 Å². The van der Waals surface area contributed by atoms with E-state index in [0.29, 0.717) is 11.4 Å². The first-order chi connectivity index (χ1) is 6.06. The van der Waals surface area contributed by atoms with Gasteiger partial charge in [-0.1, -0.05) is 13.8 Å². The van der Waals surface area contributed by atoms with E-state index in [1.165, 1.54) is 0 Å². The number of rotatable bonds is 1. The molecular weight excluding hydrogens is 162 g/mol. The lowest BCUT2D eigenvalue weighted by Crippen LogP contribution is -2.03. The monoisotopic (exact) mass is 175 g/mol. The van der Waals surface area contributed by atoms with Crippen LogP contribution < -0.4 is 5.73 Å². The second-order valence-electron chi connectivity index (χ2n) is 3.39. The first kappa shape index (κ1) is 9.53. The molecule has 0 aliphatic heterocycles. The molecule has 1 rings (SSSR count). The Labute approximate surface area is 78.2 Å². The Morgan fingerprint density at radius 2 is 2.15 bits per heavy atom. The highest BCUT2D eigenvalue weighted by molar-refractivity contribution is 5.47. The van der Waals surface area contributed by atoms with Crippen LogP contribution in [0.3, 0.4) is 0 Å². The standard InChI is InChI=1S/C10H13N3/c1-6(2)10-8(5-11)7(3)4-9(12)13-10/h4,6H,1-3H3,(H2,12,13). The Kier molecular flexibility index (Phi) is 2.52. The van der Waals surface area contributed by atoms with E-state index < -0.39 is 0 Å². The highest BCUT2D eigenvalue weighted by Crippen LogP contribution is 2.21. The maximum Gasteiger partial charge on any atom is 0.123 e. The Bertz CT molecular complexity index is 361. The van der Waals surface area contributed by atoms with Gasteiger partial charge in [-0.3, -0.25) is 0 Å². The van der Waals surface area contributed by atoms with Gasteiger partial charge in [0.15, 0.2) is 0 Å². The molecule has 1 aromatic heterocycles. The molecule has 0 fully saturated rings. The predicted octanol–water partition coefficient (Wildman–Crippen LogP) is 1.97. The molecule has 0 radical (unpaired) electrons. The third-order valence-corrected chi connectivity index (χ3v) is 1.92. The average molecular weight is 175 g/mol. The topological polar surface area (TPSA) is 62.7 Å². The van der Waals surface area contributed by atoms with Gasteiger partial charge in [0, 0.05) is 0 Å². The Morgan fingerprint density at radius 1 is 1.54 bits per heavy atom. The number of aromatic nitrogens is 1. The molecule has 2 N–H and O–H groups in total. The minimum absolute atomic E-state index is 0.233. The molecule has 0 aliphatic rings. The number of aryl methyl sites for hydroxylation is 1. The molecule has 0 spiro atoms. The Balaban J connectivity index is 3.41. The smallest absolute Gasteiger partial charge is 0.123 e. The molecule has 3 heteroatoms. The third-order valence-electron chi connectivity index (χ3n) is 1.92. The number of pyridine rings is 1. The third kappa shape index (κ3) is 1.78. The lowest BCUT2D eigenvalue weighted by atomic mass is 10.0. The zero-order chi connectivity index (χ0) is 10.0. The summed E-state index contributed by atoms with van der Waals surface area (Å²) in [6.07, 6.45) is 0. The van der Waals surface area contributed by atoms with Crippen LogP contribution in [0.25, 0.3) is 0 Å². The van der Waals surface area contributed by atoms with E-state index in [1.54, 1.807) is 6.07 Å². The molecule has 13 heavy (non-hydrogen) atoms. The van der Waals surface area contributed by atoms with Gasteiger partial charge in [0.25, 0.3) is 0 Å². The van der Waals surface area contributed by atoms with Gasteiger partial charge in [-0.25, -0.2) is 4.98 Å². The second-order valence-corrected chi connectivity index (χ2v) is 3.39. The van der Waals surface area contributed by atoms with Gasteiger partial charge in [-0.05, 0) is 24.5 Å². The van der Waals surface area contributed by atoms with Crippen molar-refractivity contribution in [2.75, 3.05) is 5.73 Å². The van der Waals surface area contributed by atoms with Gasteiger partial charge in [0.1, 0.15) is 11.9 Å². The van der Waals surface area contributed by atoms with Crippen LogP contribution in [0.4, 0.5) is 5.82 Å². The summed E-state index contributed by atoms with van der Waals surface area (Å²) >= 11 is 0. The summed E-state index contributed by atoms with van der Waals surface area (Å²) in [5.74, 6) is 0.719. The summed E-state index contributed by atoms with van der Waals surface area (Å²) in [7, 11) is 0. The molecule has 1 heterocycles. The lowest BCUT2D eigenvalue weighted by Gasteiger charge is -2.09. The van der Waals surface area contributed by atoms with E-state index in [2.05, 4.69) is 11.1 Å². The van der Waals surface area contributed by atoms with Crippen LogP contribution in [-0.4, -0.2) is 4.98 Å². The van der Waals surface area contributed by atoms with Crippen molar-refractivity contribution in [3.05, 3.63) is 22.9 Å². The lowest BCUT2D eigenvalue weighted by molar-refractivity contribution is 0.818. The second kappa shape index (κ2) is 3.44. The van der Waals surface area contributed by atoms with Crippen LogP contribution in [0.15, 0.2) is 6.07 Å². The van der Waals surface area contributed by atoms with E-state index in [1.807, 2.05) is 20.8 Å². The first-order valence-corrected chi connectivity index (χ1v) is 4.23. The number of nitrogens with zero attached hydrogens (tertiary/aromatic N) is 2. The average Bonchev–Trinajstić information content (AvgIpc) is 2.02. The SMILES string of the molecule is Cc1cc(N)nc(C(C)C)c1C#N. The van der Waals surface area contributed by atoms with Crippen molar-refractivity contribution in [1.29, 1.82) is 5.26 Å². The summed E-state index contributed by atoms with van der Waals surface area (Å²) in [6, 6.07) is 3.88. The molecule has 0 amide bonds. The van der Waals surface area contributed by atoms with Crippen molar-refractivity contribution in [2.24, 2.45) is 0 Å². The molecule has 0 atom stereocenters. The highest BCUT2D eigenvalue weighted by atomic mass is 14.8. The molecule has 0 saturated heterocycles. The van der Waals surface area contributed by atoms with E-state index >= 15 is 0 Å². The molecular formula is C10H13N3. The summed E-state index contributed by atoms with van der Waals surface area (Å²) < 4.78 is 0. The number of nitrogen functional groups attached to an aromatic ring is 1. The van der Waals surface area contributed by atoms with Crippen LogP contribution >= 0.6 is 0 Å². The largest absolute Gasteiger partial charge is 0.384 e. The minimum atomic E-state index is 0.233. The van der Waals surface area contributed by atoms with Crippen LogP contribution in [0, 0.1) is 18.3 Å². The van der Waals surface area contributed by atoms with Crippen LogP contribution in [0.2, 0.25) is 0 Å². The van der Waals surface area contributed by atoms with E-state index in [9.17, 15) is 0 Å². The number of nitrogens with two attached hydrogens (primary N) is 1. The van der Waals surface area contributed by atoms with E-state index in [0.717, 1.165) is 11.3 Å². The van der Waals surface area contributed by atoms with Crippen molar-refractivity contribution < 1.29 is 0 Å². The van der Waals surface area contributed by atoms with Gasteiger partial charge in [0.2, 0.25) is 0 Å². The summed E-state index contributed by atoms with van der Waals surface area (Å²) in [6.45, 7) is 5.88. The van der Waals surface area contributed by atoms with Crippen LogP contribution in [0.1, 0.15) is 36.6 Å². The maximum atomic E-state index is 8.91. The number of hydrogen-bond donors (Lipinski definition) is 1. The van der Waals surface area contributed by atoms with Gasteiger partial charge in [0.05, 0.1) is 11.3 Å². The maximum absolute atomic E-state index is 8.91. The Hall–Kier alpha value is -1.56. The Morgan fingerprint density at radius 3 is 2.62 bits per heavy atom. The molecule has 0 aromatic carbocycles. The fourth-order valence-electron chi connectivity index (χ4n) is 1.29.